The van der Waals surface area contributed by atoms with E-state index >= 15 is 0 Å². The fraction of sp³-hybridized carbons (Fsp3) is 0.214. The Hall–Kier alpha value is -2.03. The van der Waals surface area contributed by atoms with Gasteiger partial charge in [-0.3, -0.25) is 0 Å². The summed E-state index contributed by atoms with van der Waals surface area (Å²) in [7, 11) is 0. The van der Waals surface area contributed by atoms with Crippen LogP contribution in [0.3, 0.4) is 0 Å². The highest BCUT2D eigenvalue weighted by molar-refractivity contribution is 5.97. The highest BCUT2D eigenvalue weighted by Crippen LogP contribution is 2.24. The maximum Gasteiger partial charge on any atom is 0.340 e. The van der Waals surface area contributed by atoms with Crippen LogP contribution >= 0.6 is 0 Å². The van der Waals surface area contributed by atoms with Crippen molar-refractivity contribution in [2.24, 2.45) is 0 Å². The molecular formula is C14H15NO2. The number of rotatable bonds is 3. The average Bonchev–Trinajstić information content (AvgIpc) is 2.79. The number of H-pyrrole nitrogens is 1. The first kappa shape index (κ1) is 11.5. The lowest BCUT2D eigenvalue weighted by Crippen LogP contribution is -2.04. The number of carbonyl (C=O) groups excluding carboxylic acids is 1. The van der Waals surface area contributed by atoms with E-state index in [1.54, 1.807) is 13.1 Å². The van der Waals surface area contributed by atoms with Gasteiger partial charge in [-0.15, -0.1) is 0 Å². The van der Waals surface area contributed by atoms with Gasteiger partial charge in [0, 0.05) is 18.0 Å². The smallest absolute Gasteiger partial charge is 0.340 e. The van der Waals surface area contributed by atoms with Gasteiger partial charge in [-0.25, -0.2) is 4.79 Å². The number of benzene rings is 1. The van der Waals surface area contributed by atoms with Crippen LogP contribution in [0.1, 0.15) is 22.8 Å². The SMILES string of the molecule is CCOC(=O)c1c[nH]cc1-c1ccc(C)cc1. The number of hydrogen-bond acceptors (Lipinski definition) is 2. The molecule has 0 spiro atoms. The number of nitrogens with one attached hydrogen (secondary N) is 1. The molecule has 17 heavy (non-hydrogen) atoms. The van der Waals surface area contributed by atoms with Crippen LogP contribution in [0.25, 0.3) is 11.1 Å². The van der Waals surface area contributed by atoms with Crippen molar-refractivity contribution in [3.63, 3.8) is 0 Å². The molecule has 0 radical (unpaired) electrons. The number of ether oxygens (including phenoxy) is 1. The molecule has 0 unspecified atom stereocenters. The summed E-state index contributed by atoms with van der Waals surface area (Å²) in [6.07, 6.45) is 3.49. The molecule has 1 N–H and O–H groups in total. The minimum Gasteiger partial charge on any atom is -0.462 e. The summed E-state index contributed by atoms with van der Waals surface area (Å²) < 4.78 is 5.01. The standard InChI is InChI=1S/C14H15NO2/c1-3-17-14(16)13-9-15-8-12(13)11-6-4-10(2)5-7-11/h4-9,15H,3H2,1-2H3. The van der Waals surface area contributed by atoms with Crippen molar-refractivity contribution in [2.75, 3.05) is 6.61 Å². The van der Waals surface area contributed by atoms with E-state index in [1.807, 2.05) is 37.4 Å². The van der Waals surface area contributed by atoms with E-state index in [1.165, 1.54) is 5.56 Å². The summed E-state index contributed by atoms with van der Waals surface area (Å²) in [6, 6.07) is 8.05. The summed E-state index contributed by atoms with van der Waals surface area (Å²) in [5, 5.41) is 0. The first-order valence-corrected chi connectivity index (χ1v) is 5.63. The Morgan fingerprint density at radius 3 is 2.59 bits per heavy atom. The van der Waals surface area contributed by atoms with Crippen LogP contribution in [0.2, 0.25) is 0 Å². The van der Waals surface area contributed by atoms with Gasteiger partial charge in [0.05, 0.1) is 12.2 Å². The van der Waals surface area contributed by atoms with Gasteiger partial charge in [0.2, 0.25) is 0 Å². The molecule has 0 saturated carbocycles. The summed E-state index contributed by atoms with van der Waals surface area (Å²) in [6.45, 7) is 4.22. The van der Waals surface area contributed by atoms with Crippen molar-refractivity contribution < 1.29 is 9.53 Å². The molecule has 1 aromatic carbocycles. The zero-order valence-corrected chi connectivity index (χ0v) is 9.99. The molecule has 0 amide bonds. The normalized spacial score (nSPS) is 10.2. The Balaban J connectivity index is 2.36. The monoisotopic (exact) mass is 229 g/mol. The summed E-state index contributed by atoms with van der Waals surface area (Å²) in [5.74, 6) is -0.288. The zero-order chi connectivity index (χ0) is 12.3. The number of aromatic nitrogens is 1. The van der Waals surface area contributed by atoms with Gasteiger partial charge in [-0.2, -0.15) is 0 Å². The van der Waals surface area contributed by atoms with Crippen molar-refractivity contribution in [1.82, 2.24) is 4.98 Å². The Bertz CT molecular complexity index is 511. The van der Waals surface area contributed by atoms with Crippen molar-refractivity contribution in [1.29, 1.82) is 0 Å². The van der Waals surface area contributed by atoms with Crippen LogP contribution in [-0.4, -0.2) is 17.6 Å². The summed E-state index contributed by atoms with van der Waals surface area (Å²) >= 11 is 0. The van der Waals surface area contributed by atoms with Crippen LogP contribution in [-0.2, 0) is 4.74 Å². The predicted molar refractivity (Wildman–Crippen MR) is 66.9 cm³/mol. The Labute approximate surface area is 100 Å². The third-order valence-corrected chi connectivity index (χ3v) is 2.60. The molecule has 3 heteroatoms. The minimum atomic E-state index is -0.288. The maximum absolute atomic E-state index is 11.7. The van der Waals surface area contributed by atoms with Gasteiger partial charge >= 0.3 is 5.97 Å². The molecule has 1 aromatic heterocycles. The molecule has 88 valence electrons. The van der Waals surface area contributed by atoms with E-state index in [2.05, 4.69) is 4.98 Å². The van der Waals surface area contributed by atoms with E-state index in [-0.39, 0.29) is 5.97 Å². The number of aryl methyl sites for hydroxylation is 1. The fourth-order valence-electron chi connectivity index (χ4n) is 1.71. The Kier molecular flexibility index (Phi) is 3.28. The van der Waals surface area contributed by atoms with Gasteiger partial charge in [-0.1, -0.05) is 29.8 Å². The zero-order valence-electron chi connectivity index (χ0n) is 9.99. The highest BCUT2D eigenvalue weighted by atomic mass is 16.5. The van der Waals surface area contributed by atoms with E-state index in [9.17, 15) is 4.79 Å². The summed E-state index contributed by atoms with van der Waals surface area (Å²) in [5.41, 5.74) is 3.67. The second-order valence-electron chi connectivity index (χ2n) is 3.87. The lowest BCUT2D eigenvalue weighted by Gasteiger charge is -2.04. The number of hydrogen-bond donors (Lipinski definition) is 1. The molecule has 1 heterocycles. The van der Waals surface area contributed by atoms with Crippen molar-refractivity contribution in [3.8, 4) is 11.1 Å². The highest BCUT2D eigenvalue weighted by Gasteiger charge is 2.14. The molecule has 3 nitrogen and oxygen atoms in total. The molecule has 2 aromatic rings. The molecule has 0 aliphatic heterocycles. The van der Waals surface area contributed by atoms with Gasteiger partial charge in [0.1, 0.15) is 0 Å². The van der Waals surface area contributed by atoms with Crippen LogP contribution in [0.15, 0.2) is 36.7 Å². The predicted octanol–water partition coefficient (Wildman–Crippen LogP) is 3.17. The number of carbonyl (C=O) groups is 1. The third kappa shape index (κ3) is 2.38. The van der Waals surface area contributed by atoms with Crippen LogP contribution in [0, 0.1) is 6.92 Å². The van der Waals surface area contributed by atoms with Crippen LogP contribution in [0.4, 0.5) is 0 Å². The van der Waals surface area contributed by atoms with Crippen molar-refractivity contribution in [3.05, 3.63) is 47.8 Å². The van der Waals surface area contributed by atoms with Crippen molar-refractivity contribution in [2.45, 2.75) is 13.8 Å². The van der Waals surface area contributed by atoms with E-state index < -0.39 is 0 Å². The third-order valence-electron chi connectivity index (χ3n) is 2.60. The van der Waals surface area contributed by atoms with Gasteiger partial charge in [-0.05, 0) is 19.4 Å². The number of aromatic amines is 1. The van der Waals surface area contributed by atoms with Gasteiger partial charge in [0.25, 0.3) is 0 Å². The molecule has 0 aliphatic rings. The number of esters is 1. The van der Waals surface area contributed by atoms with E-state index in [0.29, 0.717) is 12.2 Å². The lowest BCUT2D eigenvalue weighted by molar-refractivity contribution is 0.0527. The molecular weight excluding hydrogens is 214 g/mol. The minimum absolute atomic E-state index is 0.288. The Morgan fingerprint density at radius 1 is 1.24 bits per heavy atom. The second kappa shape index (κ2) is 4.87. The molecule has 2 rings (SSSR count). The van der Waals surface area contributed by atoms with Crippen LogP contribution in [0.5, 0.6) is 0 Å². The molecule has 0 saturated heterocycles. The van der Waals surface area contributed by atoms with E-state index in [4.69, 9.17) is 4.74 Å². The summed E-state index contributed by atoms with van der Waals surface area (Å²) in [4.78, 5) is 14.7. The van der Waals surface area contributed by atoms with Crippen molar-refractivity contribution >= 4 is 5.97 Å². The molecule has 0 aliphatic carbocycles. The largest absolute Gasteiger partial charge is 0.462 e. The maximum atomic E-state index is 11.7. The lowest BCUT2D eigenvalue weighted by atomic mass is 10.0. The fourth-order valence-corrected chi connectivity index (χ4v) is 1.71. The molecule has 0 bridgehead atoms. The van der Waals surface area contributed by atoms with Gasteiger partial charge < -0.3 is 9.72 Å². The van der Waals surface area contributed by atoms with Gasteiger partial charge in [0.15, 0.2) is 0 Å². The van der Waals surface area contributed by atoms with E-state index in [0.717, 1.165) is 11.1 Å². The first-order valence-electron chi connectivity index (χ1n) is 5.63. The quantitative estimate of drug-likeness (QED) is 0.821. The topological polar surface area (TPSA) is 42.1 Å². The Morgan fingerprint density at radius 2 is 1.94 bits per heavy atom. The molecule has 0 fully saturated rings. The second-order valence-corrected chi connectivity index (χ2v) is 3.87. The average molecular weight is 229 g/mol. The molecule has 0 atom stereocenters. The van der Waals surface area contributed by atoms with Crippen LogP contribution < -0.4 is 0 Å². The first-order chi connectivity index (χ1) is 8.22.